The number of amides is 1. The summed E-state index contributed by atoms with van der Waals surface area (Å²) >= 11 is 1.34. The number of H-pyrrole nitrogens is 1. The third-order valence-corrected chi connectivity index (χ3v) is 5.85. The van der Waals surface area contributed by atoms with Gasteiger partial charge in [-0.05, 0) is 56.2 Å². The van der Waals surface area contributed by atoms with Gasteiger partial charge in [-0.3, -0.25) is 19.5 Å². The largest absolute Gasteiger partial charge is 0.328 e. The molecule has 0 aliphatic rings. The number of thiazole rings is 1. The maximum absolute atomic E-state index is 12.7. The second-order valence-electron chi connectivity index (χ2n) is 7.03. The van der Waals surface area contributed by atoms with Gasteiger partial charge in [0.1, 0.15) is 0 Å². The molecule has 0 atom stereocenters. The minimum absolute atomic E-state index is 0.277. The molecule has 2 heterocycles. The molecule has 8 heteroatoms. The lowest BCUT2D eigenvalue weighted by Crippen LogP contribution is -2.34. The normalized spacial score (nSPS) is 11.0. The maximum Gasteiger partial charge on any atom is 0.328 e. The Balaban J connectivity index is 1.60. The minimum Gasteiger partial charge on any atom is -0.307 e. The Bertz CT molecular complexity index is 1400. The fourth-order valence-corrected chi connectivity index (χ4v) is 3.93. The first-order valence-electron chi connectivity index (χ1n) is 9.48. The number of hydrogen-bond donors (Lipinski definition) is 2. The van der Waals surface area contributed by atoms with Gasteiger partial charge in [-0.1, -0.05) is 12.1 Å². The Labute approximate surface area is 176 Å². The summed E-state index contributed by atoms with van der Waals surface area (Å²) in [6.07, 6.45) is 0. The Morgan fingerprint density at radius 1 is 1.13 bits per heavy atom. The number of carbonyl (C=O) groups is 1. The third-order valence-electron chi connectivity index (χ3n) is 5.09. The molecule has 0 bridgehead atoms. The van der Waals surface area contributed by atoms with E-state index in [1.165, 1.54) is 28.5 Å². The van der Waals surface area contributed by atoms with Crippen LogP contribution in [-0.4, -0.2) is 20.4 Å². The highest BCUT2D eigenvalue weighted by atomic mass is 32.1. The van der Waals surface area contributed by atoms with Gasteiger partial charge in [-0.25, -0.2) is 9.78 Å². The standard InChI is InChI=1S/C22H20N4O3S/c1-4-26-20(28)16-8-7-15(10-17(16)24-22(26)29)19(27)25-21-23-18(11-30-21)14-6-5-12(2)13(3)9-14/h5-11H,4H2,1-3H3,(H,24,29)(H,23,25,27). The molecule has 30 heavy (non-hydrogen) atoms. The molecule has 152 valence electrons. The molecule has 0 unspecified atom stereocenters. The summed E-state index contributed by atoms with van der Waals surface area (Å²) in [5.41, 5.74) is 3.96. The number of hydrogen-bond acceptors (Lipinski definition) is 5. The van der Waals surface area contributed by atoms with E-state index in [-0.39, 0.29) is 18.0 Å². The van der Waals surface area contributed by atoms with Crippen molar-refractivity contribution in [2.24, 2.45) is 0 Å². The number of fused-ring (bicyclic) bond motifs is 1. The summed E-state index contributed by atoms with van der Waals surface area (Å²) in [4.78, 5) is 44.2. The van der Waals surface area contributed by atoms with Gasteiger partial charge in [-0.15, -0.1) is 11.3 Å². The van der Waals surface area contributed by atoms with Crippen molar-refractivity contribution in [3.63, 3.8) is 0 Å². The second-order valence-corrected chi connectivity index (χ2v) is 7.89. The zero-order valence-electron chi connectivity index (χ0n) is 16.8. The SMILES string of the molecule is CCn1c(=O)[nH]c2cc(C(=O)Nc3nc(-c4ccc(C)c(C)c4)cs3)ccc2c1=O. The highest BCUT2D eigenvalue weighted by Crippen LogP contribution is 2.26. The molecule has 2 aromatic carbocycles. The van der Waals surface area contributed by atoms with Gasteiger partial charge in [0.2, 0.25) is 0 Å². The van der Waals surface area contributed by atoms with Gasteiger partial charge in [0.25, 0.3) is 11.5 Å². The van der Waals surface area contributed by atoms with E-state index in [4.69, 9.17) is 0 Å². The average Bonchev–Trinajstić information content (AvgIpc) is 3.18. The van der Waals surface area contributed by atoms with Crippen LogP contribution in [0.5, 0.6) is 0 Å². The van der Waals surface area contributed by atoms with Crippen molar-refractivity contribution in [3.8, 4) is 11.3 Å². The number of aryl methyl sites for hydroxylation is 2. The second kappa shape index (κ2) is 7.72. The minimum atomic E-state index is -0.495. The van der Waals surface area contributed by atoms with E-state index in [9.17, 15) is 14.4 Å². The fourth-order valence-electron chi connectivity index (χ4n) is 3.22. The third kappa shape index (κ3) is 3.57. The van der Waals surface area contributed by atoms with E-state index in [0.717, 1.165) is 15.8 Å². The zero-order chi connectivity index (χ0) is 21.4. The lowest BCUT2D eigenvalue weighted by atomic mass is 10.1. The first-order chi connectivity index (χ1) is 14.4. The quantitative estimate of drug-likeness (QED) is 0.526. The first-order valence-corrected chi connectivity index (χ1v) is 10.4. The molecular weight excluding hydrogens is 400 g/mol. The van der Waals surface area contributed by atoms with Crippen molar-refractivity contribution < 1.29 is 4.79 Å². The van der Waals surface area contributed by atoms with E-state index >= 15 is 0 Å². The van der Waals surface area contributed by atoms with E-state index in [1.807, 2.05) is 24.4 Å². The smallest absolute Gasteiger partial charge is 0.307 e. The van der Waals surface area contributed by atoms with Crippen molar-refractivity contribution in [2.75, 3.05) is 5.32 Å². The van der Waals surface area contributed by atoms with Crippen molar-refractivity contribution in [1.82, 2.24) is 14.5 Å². The van der Waals surface area contributed by atoms with Crippen LogP contribution >= 0.6 is 11.3 Å². The van der Waals surface area contributed by atoms with Crippen LogP contribution in [0.15, 0.2) is 51.4 Å². The summed E-state index contributed by atoms with van der Waals surface area (Å²) in [7, 11) is 0. The van der Waals surface area contributed by atoms with Crippen LogP contribution in [0.3, 0.4) is 0 Å². The topological polar surface area (TPSA) is 96.8 Å². The van der Waals surface area contributed by atoms with Gasteiger partial charge in [0.15, 0.2) is 5.13 Å². The van der Waals surface area contributed by atoms with Crippen LogP contribution in [0.1, 0.15) is 28.4 Å². The summed E-state index contributed by atoms with van der Waals surface area (Å²) in [6.45, 7) is 6.11. The van der Waals surface area contributed by atoms with Gasteiger partial charge in [0, 0.05) is 23.1 Å². The molecule has 2 N–H and O–H groups in total. The molecule has 1 amide bonds. The van der Waals surface area contributed by atoms with E-state index in [0.29, 0.717) is 21.6 Å². The van der Waals surface area contributed by atoms with Gasteiger partial charge in [-0.2, -0.15) is 0 Å². The van der Waals surface area contributed by atoms with Crippen molar-refractivity contribution in [3.05, 3.63) is 79.3 Å². The molecule has 0 radical (unpaired) electrons. The predicted molar refractivity (Wildman–Crippen MR) is 119 cm³/mol. The molecule has 2 aromatic heterocycles. The number of aromatic amines is 1. The van der Waals surface area contributed by atoms with Crippen LogP contribution in [0.25, 0.3) is 22.2 Å². The maximum atomic E-state index is 12.7. The Morgan fingerprint density at radius 2 is 1.93 bits per heavy atom. The van der Waals surface area contributed by atoms with Crippen LogP contribution < -0.4 is 16.6 Å². The van der Waals surface area contributed by atoms with Crippen LogP contribution in [0, 0.1) is 13.8 Å². The van der Waals surface area contributed by atoms with E-state index in [1.54, 1.807) is 19.1 Å². The Morgan fingerprint density at radius 3 is 2.67 bits per heavy atom. The number of benzene rings is 2. The van der Waals surface area contributed by atoms with Crippen molar-refractivity contribution >= 4 is 33.3 Å². The van der Waals surface area contributed by atoms with Gasteiger partial charge < -0.3 is 4.98 Å². The summed E-state index contributed by atoms with van der Waals surface area (Å²) < 4.78 is 1.12. The monoisotopic (exact) mass is 420 g/mol. The number of aromatic nitrogens is 3. The number of nitrogens with one attached hydrogen (secondary N) is 2. The highest BCUT2D eigenvalue weighted by Gasteiger charge is 2.13. The number of nitrogens with zero attached hydrogens (tertiary/aromatic N) is 2. The van der Waals surface area contributed by atoms with Crippen molar-refractivity contribution in [1.29, 1.82) is 0 Å². The van der Waals surface area contributed by atoms with E-state index < -0.39 is 5.69 Å². The Hall–Kier alpha value is -3.52. The molecular formula is C22H20N4O3S. The molecule has 4 rings (SSSR count). The predicted octanol–water partition coefficient (Wildman–Crippen LogP) is 3.70. The van der Waals surface area contributed by atoms with Gasteiger partial charge in [0.05, 0.1) is 16.6 Å². The summed E-state index contributed by atoms with van der Waals surface area (Å²) in [6, 6.07) is 10.7. The molecule has 4 aromatic rings. The van der Waals surface area contributed by atoms with Crippen molar-refractivity contribution in [2.45, 2.75) is 27.3 Å². The van der Waals surface area contributed by atoms with Crippen LogP contribution in [-0.2, 0) is 6.54 Å². The lowest BCUT2D eigenvalue weighted by molar-refractivity contribution is 0.102. The van der Waals surface area contributed by atoms with Crippen LogP contribution in [0.2, 0.25) is 0 Å². The van der Waals surface area contributed by atoms with E-state index in [2.05, 4.69) is 28.3 Å². The number of rotatable bonds is 4. The molecule has 0 spiro atoms. The molecule has 0 aliphatic heterocycles. The molecule has 0 saturated heterocycles. The summed E-state index contributed by atoms with van der Waals surface area (Å²) in [5.74, 6) is -0.363. The molecule has 0 fully saturated rings. The molecule has 0 saturated carbocycles. The number of carbonyl (C=O) groups excluding carboxylic acids is 1. The highest BCUT2D eigenvalue weighted by molar-refractivity contribution is 7.14. The zero-order valence-corrected chi connectivity index (χ0v) is 17.6. The Kier molecular flexibility index (Phi) is 5.09. The van der Waals surface area contributed by atoms with Gasteiger partial charge >= 0.3 is 5.69 Å². The average molecular weight is 420 g/mol. The molecule has 7 nitrogen and oxygen atoms in total. The summed E-state index contributed by atoms with van der Waals surface area (Å²) in [5, 5.41) is 5.51. The lowest BCUT2D eigenvalue weighted by Gasteiger charge is -2.06. The fraction of sp³-hybridized carbons (Fsp3) is 0.182. The van der Waals surface area contributed by atoms with Crippen LogP contribution in [0.4, 0.5) is 5.13 Å². The molecule has 0 aliphatic carbocycles. The number of anilines is 1. The first kappa shape index (κ1) is 19.8.